The molecule has 0 aliphatic carbocycles. The molecule has 0 aliphatic heterocycles. The van der Waals surface area contributed by atoms with Gasteiger partial charge < -0.3 is 14.6 Å². The summed E-state index contributed by atoms with van der Waals surface area (Å²) in [6.45, 7) is 12.8. The lowest BCUT2D eigenvalue weighted by atomic mass is 10.0. The molecule has 0 aliphatic rings. The molecule has 0 unspecified atom stereocenters. The summed E-state index contributed by atoms with van der Waals surface area (Å²) in [5.41, 5.74) is -1.16. The number of carbonyl (C=O) groups is 2. The van der Waals surface area contributed by atoms with E-state index in [2.05, 4.69) is 0 Å². The zero-order valence-electron chi connectivity index (χ0n) is 14.9. The van der Waals surface area contributed by atoms with Crippen LogP contribution < -0.4 is 0 Å². The second-order valence-electron chi connectivity index (χ2n) is 7.20. The summed E-state index contributed by atoms with van der Waals surface area (Å²) < 4.78 is 10.3. The topological polar surface area (TPSA) is 76.1 Å². The van der Waals surface area contributed by atoms with Crippen LogP contribution in [-0.4, -0.2) is 52.5 Å². The van der Waals surface area contributed by atoms with Crippen LogP contribution in [0.5, 0.6) is 0 Å². The van der Waals surface area contributed by atoms with Crippen molar-refractivity contribution in [3.05, 3.63) is 0 Å². The van der Waals surface area contributed by atoms with E-state index in [1.54, 1.807) is 27.7 Å². The van der Waals surface area contributed by atoms with E-state index in [1.807, 2.05) is 20.8 Å². The van der Waals surface area contributed by atoms with Crippen LogP contribution in [0.1, 0.15) is 61.3 Å². The Morgan fingerprint density at radius 3 is 2.05 bits per heavy atom. The normalized spacial score (nSPS) is 13.5. The third kappa shape index (κ3) is 7.64. The van der Waals surface area contributed by atoms with E-state index in [0.29, 0.717) is 13.0 Å². The van der Waals surface area contributed by atoms with E-state index < -0.39 is 23.3 Å². The van der Waals surface area contributed by atoms with Gasteiger partial charge in [-0.15, -0.1) is 0 Å². The van der Waals surface area contributed by atoms with Crippen LogP contribution in [0.15, 0.2) is 0 Å². The summed E-state index contributed by atoms with van der Waals surface area (Å²) in [7, 11) is 0. The average Bonchev–Trinajstić information content (AvgIpc) is 2.30. The molecule has 1 N–H and O–H groups in total. The fraction of sp³-hybridized carbons (Fsp3) is 0.875. The molecule has 0 bridgehead atoms. The first kappa shape index (κ1) is 20.7. The summed E-state index contributed by atoms with van der Waals surface area (Å²) in [4.78, 5) is 25.4. The van der Waals surface area contributed by atoms with Crippen LogP contribution in [0, 0.1) is 0 Å². The van der Waals surface area contributed by atoms with Crippen LogP contribution in [0.25, 0.3) is 0 Å². The third-order valence-corrected chi connectivity index (χ3v) is 2.88. The number of amides is 1. The molecule has 0 aromatic heterocycles. The number of rotatable bonds is 6. The molecule has 1 amide bonds. The Hall–Kier alpha value is -1.30. The highest BCUT2D eigenvalue weighted by atomic mass is 16.6. The van der Waals surface area contributed by atoms with E-state index in [-0.39, 0.29) is 19.0 Å². The van der Waals surface area contributed by atoms with Gasteiger partial charge in [0.25, 0.3) is 0 Å². The lowest BCUT2D eigenvalue weighted by Crippen LogP contribution is -2.54. The minimum absolute atomic E-state index is 0.147. The number of nitrogens with zero attached hydrogens (tertiary/aromatic N) is 1. The Kier molecular flexibility index (Phi) is 7.87. The number of hydrogen-bond donors (Lipinski definition) is 1. The molecule has 0 rings (SSSR count). The van der Waals surface area contributed by atoms with Gasteiger partial charge in [-0.3, -0.25) is 9.69 Å². The largest absolute Gasteiger partial charge is 0.466 e. The van der Waals surface area contributed by atoms with Gasteiger partial charge in [0.2, 0.25) is 0 Å². The number of carbonyl (C=O) groups excluding carboxylic acids is 2. The third-order valence-electron chi connectivity index (χ3n) is 2.88. The van der Waals surface area contributed by atoms with Gasteiger partial charge >= 0.3 is 12.1 Å². The maximum atomic E-state index is 12.5. The molecule has 6 nitrogen and oxygen atoms in total. The number of aliphatic hydroxyl groups excluding tert-OH is 1. The Labute approximate surface area is 133 Å². The van der Waals surface area contributed by atoms with Crippen molar-refractivity contribution in [1.29, 1.82) is 0 Å². The molecule has 0 saturated carbocycles. The van der Waals surface area contributed by atoms with Crippen LogP contribution in [0.3, 0.4) is 0 Å². The van der Waals surface area contributed by atoms with Crippen molar-refractivity contribution in [2.75, 3.05) is 13.2 Å². The molecule has 1 atom stereocenters. The maximum absolute atomic E-state index is 12.5. The van der Waals surface area contributed by atoms with Gasteiger partial charge in [0.1, 0.15) is 5.60 Å². The first-order valence-electron chi connectivity index (χ1n) is 7.71. The second kappa shape index (κ2) is 8.36. The standard InChI is InChI=1S/C16H31NO5/c1-8-21-13(19)10-9-12(11-18)17(15(2,3)4)14(20)22-16(5,6)7/h12,18H,8-11H2,1-7H3/t12-/m0/s1. The molecular weight excluding hydrogens is 286 g/mol. The number of hydrogen-bond acceptors (Lipinski definition) is 5. The highest BCUT2D eigenvalue weighted by Crippen LogP contribution is 2.23. The minimum Gasteiger partial charge on any atom is -0.466 e. The van der Waals surface area contributed by atoms with Gasteiger partial charge in [-0.05, 0) is 54.9 Å². The fourth-order valence-electron chi connectivity index (χ4n) is 2.10. The van der Waals surface area contributed by atoms with Gasteiger partial charge in [-0.1, -0.05) is 0 Å². The molecule has 0 saturated heterocycles. The summed E-state index contributed by atoms with van der Waals surface area (Å²) in [5.74, 6) is -0.334. The van der Waals surface area contributed by atoms with Gasteiger partial charge in [0, 0.05) is 12.0 Å². The van der Waals surface area contributed by atoms with Gasteiger partial charge in [-0.2, -0.15) is 0 Å². The summed E-state index contributed by atoms with van der Waals surface area (Å²) >= 11 is 0. The molecule has 0 radical (unpaired) electrons. The van der Waals surface area contributed by atoms with E-state index >= 15 is 0 Å². The molecule has 0 aromatic rings. The molecule has 6 heteroatoms. The highest BCUT2D eigenvalue weighted by Gasteiger charge is 2.36. The Balaban J connectivity index is 5.05. The van der Waals surface area contributed by atoms with Crippen LogP contribution >= 0.6 is 0 Å². The number of aliphatic hydroxyl groups is 1. The molecule has 0 heterocycles. The molecule has 130 valence electrons. The molecule has 22 heavy (non-hydrogen) atoms. The molecule has 0 aromatic carbocycles. The van der Waals surface area contributed by atoms with Crippen LogP contribution in [0.4, 0.5) is 4.79 Å². The van der Waals surface area contributed by atoms with E-state index in [0.717, 1.165) is 0 Å². The number of esters is 1. The molecule has 0 spiro atoms. The van der Waals surface area contributed by atoms with Crippen molar-refractivity contribution in [1.82, 2.24) is 4.90 Å². The van der Waals surface area contributed by atoms with E-state index in [1.165, 1.54) is 4.90 Å². The Bertz CT molecular complexity index is 368. The van der Waals surface area contributed by atoms with Crippen LogP contribution in [0.2, 0.25) is 0 Å². The quantitative estimate of drug-likeness (QED) is 0.762. The van der Waals surface area contributed by atoms with Crippen molar-refractivity contribution in [2.45, 2.75) is 78.5 Å². The second-order valence-corrected chi connectivity index (χ2v) is 7.20. The van der Waals surface area contributed by atoms with Crippen molar-refractivity contribution in [3.8, 4) is 0 Å². The lowest BCUT2D eigenvalue weighted by molar-refractivity contribution is -0.143. The van der Waals surface area contributed by atoms with Crippen molar-refractivity contribution < 1.29 is 24.2 Å². The average molecular weight is 317 g/mol. The van der Waals surface area contributed by atoms with Gasteiger partial charge in [-0.25, -0.2) is 4.79 Å². The smallest absolute Gasteiger partial charge is 0.411 e. The predicted octanol–water partition coefficient (Wildman–Crippen LogP) is 2.73. The molecule has 0 fully saturated rings. The monoisotopic (exact) mass is 317 g/mol. The zero-order valence-corrected chi connectivity index (χ0v) is 14.9. The molecular formula is C16H31NO5. The van der Waals surface area contributed by atoms with Gasteiger partial charge in [0.05, 0.1) is 19.3 Å². The van der Waals surface area contributed by atoms with Crippen molar-refractivity contribution in [2.24, 2.45) is 0 Å². The van der Waals surface area contributed by atoms with E-state index in [9.17, 15) is 14.7 Å². The lowest BCUT2D eigenvalue weighted by Gasteiger charge is -2.41. The van der Waals surface area contributed by atoms with Crippen LogP contribution in [-0.2, 0) is 14.3 Å². The zero-order chi connectivity index (χ0) is 17.6. The summed E-state index contributed by atoms with van der Waals surface area (Å²) in [5, 5.41) is 9.65. The van der Waals surface area contributed by atoms with Crippen molar-refractivity contribution in [3.63, 3.8) is 0 Å². The minimum atomic E-state index is -0.623. The van der Waals surface area contributed by atoms with E-state index in [4.69, 9.17) is 9.47 Å². The summed E-state index contributed by atoms with van der Waals surface area (Å²) in [6.07, 6.45) is -0.0248. The predicted molar refractivity (Wildman–Crippen MR) is 84.6 cm³/mol. The summed E-state index contributed by atoms with van der Waals surface area (Å²) in [6, 6.07) is -0.501. The maximum Gasteiger partial charge on any atom is 0.411 e. The Morgan fingerprint density at radius 1 is 1.14 bits per heavy atom. The fourth-order valence-corrected chi connectivity index (χ4v) is 2.10. The number of ether oxygens (including phenoxy) is 2. The van der Waals surface area contributed by atoms with Crippen molar-refractivity contribution >= 4 is 12.1 Å². The SMILES string of the molecule is CCOC(=O)CC[C@@H](CO)N(C(=O)OC(C)(C)C)C(C)(C)C. The first-order valence-corrected chi connectivity index (χ1v) is 7.71. The Morgan fingerprint density at radius 2 is 1.68 bits per heavy atom. The van der Waals surface area contributed by atoms with Gasteiger partial charge in [0.15, 0.2) is 0 Å². The first-order chi connectivity index (χ1) is 9.92. The highest BCUT2D eigenvalue weighted by molar-refractivity contribution is 5.71.